The third-order valence-electron chi connectivity index (χ3n) is 5.28. The molecule has 4 rings (SSSR count). The molecule has 0 aliphatic carbocycles. The third kappa shape index (κ3) is 4.65. The fraction of sp³-hybridized carbons (Fsp3) is 0.227. The predicted octanol–water partition coefficient (Wildman–Crippen LogP) is 4.24. The number of carbonyl (C=O) groups excluding carboxylic acids is 1. The number of urea groups is 1. The number of anilines is 2. The van der Waals surface area contributed by atoms with Crippen LogP contribution in [0.5, 0.6) is 11.5 Å². The minimum atomic E-state index is -0.451. The number of hydrogen-bond acceptors (Lipinski definition) is 7. The van der Waals surface area contributed by atoms with Crippen LogP contribution in [-0.2, 0) is 13.0 Å². The average molecular weight is 470 g/mol. The van der Waals surface area contributed by atoms with Crippen LogP contribution in [0.2, 0.25) is 5.28 Å². The van der Waals surface area contributed by atoms with Gasteiger partial charge in [0, 0.05) is 48.6 Å². The lowest BCUT2D eigenvalue weighted by Gasteiger charge is -2.36. The molecule has 0 fully saturated rings. The Morgan fingerprint density at radius 2 is 1.79 bits per heavy atom. The van der Waals surface area contributed by atoms with Crippen molar-refractivity contribution < 1.29 is 19.2 Å². The van der Waals surface area contributed by atoms with E-state index in [4.69, 9.17) is 21.1 Å². The molecular formula is C22H20ClN5O5. The number of fused-ring (bicyclic) bond motifs is 1. The Labute approximate surface area is 194 Å². The van der Waals surface area contributed by atoms with Gasteiger partial charge >= 0.3 is 6.03 Å². The number of benzene rings is 2. The number of methoxy groups -OCH3 is 2. The summed E-state index contributed by atoms with van der Waals surface area (Å²) in [6, 6.07) is 11.1. The van der Waals surface area contributed by atoms with Crippen LogP contribution in [0.3, 0.4) is 0 Å². The predicted molar refractivity (Wildman–Crippen MR) is 122 cm³/mol. The molecule has 2 aromatic carbocycles. The van der Waals surface area contributed by atoms with Gasteiger partial charge in [0.2, 0.25) is 5.28 Å². The maximum Gasteiger partial charge on any atom is 0.330 e. The number of aromatic nitrogens is 2. The molecule has 0 radical (unpaired) electrons. The average Bonchev–Trinajstić information content (AvgIpc) is 2.83. The maximum absolute atomic E-state index is 13.5. The number of halogens is 1. The minimum absolute atomic E-state index is 0.0100. The molecule has 2 heterocycles. The molecule has 170 valence electrons. The molecule has 1 aliphatic rings. The number of carbonyl (C=O) groups is 1. The van der Waals surface area contributed by atoms with Crippen molar-refractivity contribution in [1.29, 1.82) is 0 Å². The number of amides is 2. The Balaban J connectivity index is 1.66. The minimum Gasteiger partial charge on any atom is -0.497 e. The Morgan fingerprint density at radius 3 is 2.39 bits per heavy atom. The Kier molecular flexibility index (Phi) is 6.27. The highest BCUT2D eigenvalue weighted by Gasteiger charge is 2.33. The zero-order chi connectivity index (χ0) is 23.5. The first kappa shape index (κ1) is 22.3. The molecule has 0 saturated heterocycles. The second-order valence-corrected chi connectivity index (χ2v) is 7.59. The summed E-state index contributed by atoms with van der Waals surface area (Å²) in [4.78, 5) is 35.4. The van der Waals surface area contributed by atoms with Crippen molar-refractivity contribution in [1.82, 2.24) is 9.97 Å². The number of nitrogens with zero attached hydrogens (tertiary/aromatic N) is 5. The van der Waals surface area contributed by atoms with Crippen LogP contribution < -0.4 is 19.3 Å². The van der Waals surface area contributed by atoms with Gasteiger partial charge in [-0.1, -0.05) is 12.1 Å². The lowest BCUT2D eigenvalue weighted by atomic mass is 10.1. The van der Waals surface area contributed by atoms with Gasteiger partial charge in [-0.2, -0.15) is 4.98 Å². The molecule has 0 N–H and O–H groups in total. The van der Waals surface area contributed by atoms with Crippen LogP contribution in [0.15, 0.2) is 48.7 Å². The van der Waals surface area contributed by atoms with Gasteiger partial charge in [-0.25, -0.2) is 9.78 Å². The van der Waals surface area contributed by atoms with Crippen molar-refractivity contribution in [2.24, 2.45) is 0 Å². The van der Waals surface area contributed by atoms with Gasteiger partial charge in [-0.3, -0.25) is 19.9 Å². The van der Waals surface area contributed by atoms with Crippen molar-refractivity contribution in [2.75, 3.05) is 30.6 Å². The van der Waals surface area contributed by atoms with Crippen molar-refractivity contribution in [3.63, 3.8) is 0 Å². The van der Waals surface area contributed by atoms with E-state index >= 15 is 0 Å². The number of nitro benzene ring substituents is 1. The van der Waals surface area contributed by atoms with Gasteiger partial charge in [-0.15, -0.1) is 0 Å². The summed E-state index contributed by atoms with van der Waals surface area (Å²) in [7, 11) is 3.08. The molecule has 0 unspecified atom stereocenters. The zero-order valence-corrected chi connectivity index (χ0v) is 18.7. The molecule has 33 heavy (non-hydrogen) atoms. The normalized spacial score (nSPS) is 13.0. The fourth-order valence-corrected chi connectivity index (χ4v) is 3.70. The van der Waals surface area contributed by atoms with Crippen LogP contribution >= 0.6 is 11.6 Å². The molecule has 2 amide bonds. The number of non-ortho nitro benzene ring substituents is 1. The number of rotatable bonds is 7. The Morgan fingerprint density at radius 1 is 1.12 bits per heavy atom. The van der Waals surface area contributed by atoms with E-state index in [1.807, 2.05) is 0 Å². The molecule has 3 aromatic rings. The highest BCUT2D eigenvalue weighted by Crippen LogP contribution is 2.35. The van der Waals surface area contributed by atoms with Gasteiger partial charge in [0.15, 0.2) is 0 Å². The lowest BCUT2D eigenvalue weighted by Crippen LogP contribution is -2.48. The standard InChI is InChI=1S/C22H20ClN5O5/c1-32-18-9-17(10-19(11-18)33-2)27-13-15-12-24-21(23)25-20(15)26(22(27)29)8-7-14-3-5-16(6-4-14)28(30)31/h3-6,9-12H,7-8,13H2,1-2H3. The van der Waals surface area contributed by atoms with Gasteiger partial charge in [0.05, 0.1) is 31.4 Å². The van der Waals surface area contributed by atoms with Gasteiger partial charge in [0.25, 0.3) is 5.69 Å². The molecule has 1 aliphatic heterocycles. The van der Waals surface area contributed by atoms with E-state index in [-0.39, 0.29) is 30.1 Å². The molecule has 0 spiro atoms. The summed E-state index contributed by atoms with van der Waals surface area (Å²) in [5, 5.41) is 10.9. The van der Waals surface area contributed by atoms with Crippen molar-refractivity contribution in [3.05, 3.63) is 75.2 Å². The van der Waals surface area contributed by atoms with E-state index in [0.717, 1.165) is 11.1 Å². The van der Waals surface area contributed by atoms with Crippen molar-refractivity contribution in [3.8, 4) is 11.5 Å². The van der Waals surface area contributed by atoms with Gasteiger partial charge in [-0.05, 0) is 23.6 Å². The van der Waals surface area contributed by atoms with Gasteiger partial charge < -0.3 is 9.47 Å². The summed E-state index contributed by atoms with van der Waals surface area (Å²) >= 11 is 6.02. The van der Waals surface area contributed by atoms with E-state index in [9.17, 15) is 14.9 Å². The molecule has 11 heteroatoms. The maximum atomic E-state index is 13.5. The first-order valence-corrected chi connectivity index (χ1v) is 10.3. The van der Waals surface area contributed by atoms with Crippen LogP contribution in [0.4, 0.5) is 22.0 Å². The Hall–Kier alpha value is -3.92. The van der Waals surface area contributed by atoms with Crippen LogP contribution in [0.25, 0.3) is 0 Å². The number of hydrogen-bond donors (Lipinski definition) is 0. The highest BCUT2D eigenvalue weighted by atomic mass is 35.5. The molecule has 0 atom stereocenters. The summed E-state index contributed by atoms with van der Waals surface area (Å²) in [5.74, 6) is 1.54. The smallest absolute Gasteiger partial charge is 0.330 e. The highest BCUT2D eigenvalue weighted by molar-refractivity contribution is 6.28. The van der Waals surface area contributed by atoms with E-state index in [1.54, 1.807) is 41.4 Å². The number of ether oxygens (including phenoxy) is 2. The van der Waals surface area contributed by atoms with Crippen LogP contribution in [0, 0.1) is 10.1 Å². The first-order chi connectivity index (χ1) is 15.9. The van der Waals surface area contributed by atoms with Crippen molar-refractivity contribution in [2.45, 2.75) is 13.0 Å². The van der Waals surface area contributed by atoms with E-state index in [1.165, 1.54) is 31.3 Å². The zero-order valence-electron chi connectivity index (χ0n) is 17.9. The summed E-state index contributed by atoms with van der Waals surface area (Å²) < 4.78 is 10.7. The lowest BCUT2D eigenvalue weighted by molar-refractivity contribution is -0.384. The second kappa shape index (κ2) is 9.29. The molecular weight excluding hydrogens is 450 g/mol. The SMILES string of the molecule is COc1cc(OC)cc(N2Cc3cnc(Cl)nc3N(CCc3ccc([N+](=O)[O-])cc3)C2=O)c1. The molecule has 1 aromatic heterocycles. The molecule has 0 saturated carbocycles. The second-order valence-electron chi connectivity index (χ2n) is 7.25. The summed E-state index contributed by atoms with van der Waals surface area (Å²) in [6.07, 6.45) is 2.06. The number of nitro groups is 1. The fourth-order valence-electron chi connectivity index (χ4n) is 3.57. The summed E-state index contributed by atoms with van der Waals surface area (Å²) in [6.45, 7) is 0.532. The Bertz CT molecular complexity index is 1180. The van der Waals surface area contributed by atoms with E-state index < -0.39 is 4.92 Å². The molecule has 10 nitrogen and oxygen atoms in total. The van der Waals surface area contributed by atoms with Crippen LogP contribution in [-0.4, -0.2) is 41.7 Å². The summed E-state index contributed by atoms with van der Waals surface area (Å²) in [5.41, 5.74) is 2.17. The third-order valence-corrected chi connectivity index (χ3v) is 5.46. The first-order valence-electron chi connectivity index (χ1n) is 9.96. The monoisotopic (exact) mass is 469 g/mol. The topological polar surface area (TPSA) is 111 Å². The van der Waals surface area contributed by atoms with Crippen LogP contribution in [0.1, 0.15) is 11.1 Å². The van der Waals surface area contributed by atoms with Gasteiger partial charge in [0.1, 0.15) is 17.3 Å². The largest absolute Gasteiger partial charge is 0.497 e. The van der Waals surface area contributed by atoms with Crippen molar-refractivity contribution >= 4 is 34.8 Å². The molecule has 0 bridgehead atoms. The van der Waals surface area contributed by atoms with E-state index in [0.29, 0.717) is 29.4 Å². The quantitative estimate of drug-likeness (QED) is 0.289. The van der Waals surface area contributed by atoms with E-state index in [2.05, 4.69) is 9.97 Å².